The fourth-order valence-corrected chi connectivity index (χ4v) is 8.36. The van der Waals surface area contributed by atoms with Crippen molar-refractivity contribution in [2.24, 2.45) is 0 Å². The number of hydrogen-bond acceptors (Lipinski definition) is 0. The van der Waals surface area contributed by atoms with Gasteiger partial charge in [-0.3, -0.25) is 0 Å². The van der Waals surface area contributed by atoms with Crippen LogP contribution < -0.4 is 26.4 Å². The van der Waals surface area contributed by atoms with Gasteiger partial charge in [0.1, 0.15) is 52.7 Å². The fraction of sp³-hybridized carbons (Fsp3) is 0.0816. The van der Waals surface area contributed by atoms with Crippen LogP contribution in [0.5, 0.6) is 0 Å². The molecule has 8 aromatic rings. The van der Waals surface area contributed by atoms with Crippen LogP contribution in [0.4, 0.5) is 87.8 Å². The van der Waals surface area contributed by atoms with E-state index in [1.807, 2.05) is 0 Å². The first-order chi connectivity index (χ1) is 33.4. The van der Waals surface area contributed by atoms with Crippen LogP contribution in [0.25, 0.3) is 22.2 Å². The van der Waals surface area contributed by atoms with E-state index in [1.54, 1.807) is 0 Å². The molecule has 0 fully saturated rings. The molecule has 1 nitrogen and oxygen atoms in total. The molecule has 8 rings (SSSR count). The summed E-state index contributed by atoms with van der Waals surface area (Å²) in [5.74, 6) is -70.9. The van der Waals surface area contributed by atoms with Gasteiger partial charge >= 0.3 is 0 Å². The second kappa shape index (κ2) is 19.4. The Morgan fingerprint density at radius 3 is 0.986 bits per heavy atom. The summed E-state index contributed by atoms with van der Waals surface area (Å²) in [4.78, 5) is 0. The van der Waals surface area contributed by atoms with Crippen LogP contribution in [0.2, 0.25) is 0 Å². The van der Waals surface area contributed by atoms with Crippen molar-refractivity contribution in [3.63, 3.8) is 0 Å². The number of halogens is 20. The Morgan fingerprint density at radius 1 is 0.338 bits per heavy atom. The molecule has 0 unspecified atom stereocenters. The third-order valence-corrected chi connectivity index (χ3v) is 11.7. The molecule has 0 aliphatic heterocycles. The molecule has 0 saturated carbocycles. The zero-order chi connectivity index (χ0) is 52.3. The lowest BCUT2D eigenvalue weighted by Crippen LogP contribution is -2.81. The number of hydrogen-bond donors (Lipinski definition) is 0. The van der Waals surface area contributed by atoms with Crippen molar-refractivity contribution in [1.29, 1.82) is 0 Å². The molecule has 22 heteroatoms. The highest BCUT2D eigenvalue weighted by Crippen LogP contribution is 2.31. The minimum atomic E-state index is -7.22. The Labute approximate surface area is 386 Å². The van der Waals surface area contributed by atoms with E-state index in [9.17, 15) is 52.7 Å². The second-order valence-electron chi connectivity index (χ2n) is 15.9. The molecule has 0 amide bonds. The van der Waals surface area contributed by atoms with Crippen molar-refractivity contribution in [3.05, 3.63) is 218 Å². The number of fused-ring (bicyclic) bond motifs is 1. The zero-order valence-electron chi connectivity index (χ0n) is 35.5. The molecule has 0 spiro atoms. The Bertz CT molecular complexity index is 3040. The minimum Gasteiger partial charge on any atom is -0.207 e. The van der Waals surface area contributed by atoms with Gasteiger partial charge < -0.3 is 0 Å². The van der Waals surface area contributed by atoms with Crippen molar-refractivity contribution >= 4 is 38.9 Å². The standard InChI is InChI=1S/C25H24N.C24BF20/c1-19(2)21-12-14-23(15-13-21)25-17-16-22-10-6-7-11-24(22)26(25)18-20-8-4-3-5-9-20;26-5-1(6(27)14(35)21(42)13(5)34)25(2-7(28)15(36)22(43)16(37)8(2)29,3-9(30)17(38)23(44)18(39)10(3)31)4-11(32)19(40)24(45)20(41)12(4)33/h3-17,19H,18H2,1-2H3;/q+1;-1. The number of pyridine rings is 1. The maximum absolute atomic E-state index is 15.4. The van der Waals surface area contributed by atoms with E-state index >= 15 is 35.1 Å². The molecule has 0 bridgehead atoms. The average Bonchev–Trinajstić information content (AvgIpc) is 3.36. The Balaban J connectivity index is 0.000000240. The maximum Gasteiger partial charge on any atom is 0.213 e. The highest BCUT2D eigenvalue weighted by Gasteiger charge is 2.52. The van der Waals surface area contributed by atoms with Crippen LogP contribution in [0.15, 0.2) is 91.0 Å². The van der Waals surface area contributed by atoms with Crippen LogP contribution >= 0.6 is 0 Å². The van der Waals surface area contributed by atoms with Crippen molar-refractivity contribution in [2.45, 2.75) is 26.3 Å². The number of para-hydroxylation sites is 1. The van der Waals surface area contributed by atoms with E-state index in [0.29, 0.717) is 5.92 Å². The molecular weight excluding hydrogens is 993 g/mol. The summed E-state index contributed by atoms with van der Waals surface area (Å²) in [6, 6.07) is 32.8. The van der Waals surface area contributed by atoms with Gasteiger partial charge in [0.2, 0.25) is 11.2 Å². The molecule has 0 saturated heterocycles. The summed E-state index contributed by atoms with van der Waals surface area (Å²) in [7, 11) is 0. The molecular formula is C49H24BF20N. The molecule has 0 aliphatic rings. The van der Waals surface area contributed by atoms with Crippen LogP contribution in [-0.2, 0) is 6.54 Å². The zero-order valence-corrected chi connectivity index (χ0v) is 35.5. The summed E-state index contributed by atoms with van der Waals surface area (Å²) >= 11 is 0. The minimum absolute atomic E-state index is 0.553. The van der Waals surface area contributed by atoms with Crippen molar-refractivity contribution < 1.29 is 92.4 Å². The second-order valence-corrected chi connectivity index (χ2v) is 15.9. The van der Waals surface area contributed by atoms with Crippen LogP contribution in [-0.4, -0.2) is 6.15 Å². The van der Waals surface area contributed by atoms with Crippen molar-refractivity contribution in [2.75, 3.05) is 0 Å². The first-order valence-electron chi connectivity index (χ1n) is 20.2. The molecule has 1 heterocycles. The van der Waals surface area contributed by atoms with Gasteiger partial charge in [-0.15, -0.1) is 21.9 Å². The lowest BCUT2D eigenvalue weighted by atomic mass is 9.12. The molecule has 0 N–H and O–H groups in total. The first kappa shape index (κ1) is 51.5. The summed E-state index contributed by atoms with van der Waals surface area (Å²) in [5, 5.41) is 1.27. The van der Waals surface area contributed by atoms with Gasteiger partial charge in [0, 0.05) is 28.6 Å². The predicted molar refractivity (Wildman–Crippen MR) is 218 cm³/mol. The van der Waals surface area contributed by atoms with Gasteiger partial charge in [0.05, 0.1) is 0 Å². The molecule has 1 aromatic heterocycles. The van der Waals surface area contributed by atoms with E-state index in [-0.39, 0.29) is 0 Å². The van der Waals surface area contributed by atoms with E-state index in [2.05, 4.69) is 109 Å². The lowest BCUT2D eigenvalue weighted by Gasteiger charge is -2.44. The fourth-order valence-electron chi connectivity index (χ4n) is 8.36. The van der Waals surface area contributed by atoms with E-state index in [1.165, 1.54) is 33.3 Å². The quantitative estimate of drug-likeness (QED) is 0.0470. The molecule has 0 radical (unpaired) electrons. The summed E-state index contributed by atoms with van der Waals surface area (Å²) in [6.07, 6.45) is -7.22. The van der Waals surface area contributed by atoms with E-state index in [0.717, 1.165) is 6.54 Å². The molecule has 0 atom stereocenters. The molecule has 0 aliphatic carbocycles. The Morgan fingerprint density at radius 2 is 0.648 bits per heavy atom. The summed E-state index contributed by atoms with van der Waals surface area (Å²) < 4.78 is 296. The van der Waals surface area contributed by atoms with Crippen LogP contribution in [0.1, 0.15) is 30.9 Å². The number of benzene rings is 7. The Hall–Kier alpha value is -7.39. The highest BCUT2D eigenvalue weighted by molar-refractivity contribution is 7.20. The number of rotatable bonds is 8. The lowest BCUT2D eigenvalue weighted by molar-refractivity contribution is -0.651. The van der Waals surface area contributed by atoms with Gasteiger partial charge in [-0.1, -0.05) is 68.4 Å². The average molecular weight is 1020 g/mol. The van der Waals surface area contributed by atoms with Gasteiger partial charge in [0.15, 0.2) is 76.4 Å². The Kier molecular flexibility index (Phi) is 14.1. The molecule has 71 heavy (non-hydrogen) atoms. The highest BCUT2D eigenvalue weighted by atomic mass is 19.2. The summed E-state index contributed by atoms with van der Waals surface area (Å²) in [6.45, 7) is 5.34. The van der Waals surface area contributed by atoms with Crippen molar-refractivity contribution in [1.82, 2.24) is 0 Å². The van der Waals surface area contributed by atoms with Gasteiger partial charge in [-0.25, -0.2) is 87.8 Å². The van der Waals surface area contributed by atoms with Gasteiger partial charge in [0.25, 0.3) is 0 Å². The van der Waals surface area contributed by atoms with Crippen LogP contribution in [0, 0.1) is 116 Å². The van der Waals surface area contributed by atoms with Crippen molar-refractivity contribution in [3.8, 4) is 11.3 Å². The third kappa shape index (κ3) is 8.29. The third-order valence-electron chi connectivity index (χ3n) is 11.7. The van der Waals surface area contributed by atoms with Gasteiger partial charge in [-0.05, 0) is 35.7 Å². The van der Waals surface area contributed by atoms with Gasteiger partial charge in [-0.2, -0.15) is 4.57 Å². The van der Waals surface area contributed by atoms with E-state index in [4.69, 9.17) is 0 Å². The number of nitrogens with zero attached hydrogens (tertiary/aromatic N) is 1. The first-order valence-corrected chi connectivity index (χ1v) is 20.2. The summed E-state index contributed by atoms with van der Waals surface area (Å²) in [5.41, 5.74) is -7.86. The SMILES string of the molecule is CC(C)c1ccc(-c2ccc3ccccc3[n+]2Cc2ccccc2)cc1.Fc1c(F)c(F)c([B-](c2c(F)c(F)c(F)c(F)c2F)(c2c(F)c(F)c(F)c(F)c2F)c2c(F)c(F)c(F)c(F)c2F)c(F)c1F. The number of aromatic nitrogens is 1. The topological polar surface area (TPSA) is 3.88 Å². The monoisotopic (exact) mass is 1020 g/mol. The predicted octanol–water partition coefficient (Wildman–Crippen LogP) is 11.8. The smallest absolute Gasteiger partial charge is 0.207 e. The maximum atomic E-state index is 15.4. The van der Waals surface area contributed by atoms with Crippen LogP contribution in [0.3, 0.4) is 0 Å². The molecule has 7 aromatic carbocycles. The normalized spacial score (nSPS) is 11.7. The largest absolute Gasteiger partial charge is 0.213 e. The molecule has 368 valence electrons. The van der Waals surface area contributed by atoms with E-state index < -0.39 is 144 Å².